The van der Waals surface area contributed by atoms with E-state index in [1.54, 1.807) is 30.3 Å². The van der Waals surface area contributed by atoms with Crippen LogP contribution >= 0.6 is 0 Å². The number of nitrogen functional groups attached to an aromatic ring is 1. The van der Waals surface area contributed by atoms with Crippen LogP contribution in [0.25, 0.3) is 0 Å². The van der Waals surface area contributed by atoms with Crippen LogP contribution in [0.4, 0.5) is 10.1 Å². The molecule has 0 amide bonds. The number of hydrogen-bond donors (Lipinski definition) is 1. The third kappa shape index (κ3) is 2.25. The average Bonchev–Trinajstić information content (AvgIpc) is 2.35. The second-order valence-corrected chi connectivity index (χ2v) is 4.38. The molecule has 0 radical (unpaired) electrons. The number of carbonyl (C=O) groups is 1. The monoisotopic (exact) mass is 243 g/mol. The smallest absolute Gasteiger partial charge is 0.196 e. The first-order valence-electron chi connectivity index (χ1n) is 5.66. The molecule has 0 fully saturated rings. The van der Waals surface area contributed by atoms with E-state index < -0.39 is 5.82 Å². The summed E-state index contributed by atoms with van der Waals surface area (Å²) in [6.45, 7) is 3.68. The molecule has 2 nitrogen and oxygen atoms in total. The molecular weight excluding hydrogens is 229 g/mol. The molecule has 2 aromatic carbocycles. The maximum atomic E-state index is 13.6. The first-order chi connectivity index (χ1) is 8.49. The summed E-state index contributed by atoms with van der Waals surface area (Å²) in [4.78, 5) is 12.2. The molecular formula is C15H14FNO. The number of ketones is 1. The fraction of sp³-hybridized carbons (Fsp3) is 0.133. The van der Waals surface area contributed by atoms with E-state index in [-0.39, 0.29) is 11.3 Å². The molecule has 0 unspecified atom stereocenters. The summed E-state index contributed by atoms with van der Waals surface area (Å²) < 4.78 is 13.6. The zero-order chi connectivity index (χ0) is 13.3. The third-order valence-corrected chi connectivity index (χ3v) is 2.91. The van der Waals surface area contributed by atoms with Crippen LogP contribution in [0, 0.1) is 19.7 Å². The van der Waals surface area contributed by atoms with Gasteiger partial charge in [-0.05, 0) is 37.6 Å². The number of aryl methyl sites for hydroxylation is 2. The number of hydrogen-bond acceptors (Lipinski definition) is 2. The standard InChI is InChI=1S/C15H14FNO/c1-9-3-6-13(16)12(7-9)15(18)11-5-4-10(2)14(17)8-11/h3-8H,17H2,1-2H3. The lowest BCUT2D eigenvalue weighted by atomic mass is 9.99. The second kappa shape index (κ2) is 4.61. The van der Waals surface area contributed by atoms with Gasteiger partial charge in [-0.1, -0.05) is 23.8 Å². The van der Waals surface area contributed by atoms with Crippen LogP contribution in [0.5, 0.6) is 0 Å². The molecule has 2 rings (SSSR count). The Hall–Kier alpha value is -2.16. The van der Waals surface area contributed by atoms with Crippen LogP contribution in [0.2, 0.25) is 0 Å². The van der Waals surface area contributed by atoms with Gasteiger partial charge in [0.05, 0.1) is 5.56 Å². The van der Waals surface area contributed by atoms with E-state index in [1.165, 1.54) is 6.07 Å². The molecule has 3 heteroatoms. The Bertz CT molecular complexity index is 620. The van der Waals surface area contributed by atoms with Gasteiger partial charge in [0.15, 0.2) is 5.78 Å². The van der Waals surface area contributed by atoms with Gasteiger partial charge in [-0.3, -0.25) is 4.79 Å². The van der Waals surface area contributed by atoms with Crippen molar-refractivity contribution in [2.24, 2.45) is 0 Å². The maximum Gasteiger partial charge on any atom is 0.196 e. The van der Waals surface area contributed by atoms with E-state index in [0.717, 1.165) is 11.1 Å². The fourth-order valence-electron chi connectivity index (χ4n) is 1.75. The molecule has 0 aliphatic rings. The zero-order valence-corrected chi connectivity index (χ0v) is 10.3. The highest BCUT2D eigenvalue weighted by atomic mass is 19.1. The Morgan fingerprint density at radius 1 is 1.11 bits per heavy atom. The van der Waals surface area contributed by atoms with Crippen molar-refractivity contribution in [2.45, 2.75) is 13.8 Å². The highest BCUT2D eigenvalue weighted by molar-refractivity contribution is 6.09. The van der Waals surface area contributed by atoms with Gasteiger partial charge in [-0.25, -0.2) is 4.39 Å². The van der Waals surface area contributed by atoms with Gasteiger partial charge < -0.3 is 5.73 Å². The van der Waals surface area contributed by atoms with Crippen molar-refractivity contribution in [3.05, 3.63) is 64.5 Å². The quantitative estimate of drug-likeness (QED) is 0.650. The molecule has 92 valence electrons. The van der Waals surface area contributed by atoms with Gasteiger partial charge >= 0.3 is 0 Å². The van der Waals surface area contributed by atoms with Gasteiger partial charge in [0.25, 0.3) is 0 Å². The molecule has 0 atom stereocenters. The number of rotatable bonds is 2. The Morgan fingerprint density at radius 2 is 1.83 bits per heavy atom. The Morgan fingerprint density at radius 3 is 2.50 bits per heavy atom. The minimum absolute atomic E-state index is 0.0817. The van der Waals surface area contributed by atoms with Crippen LogP contribution in [0.15, 0.2) is 36.4 Å². The molecule has 2 aromatic rings. The minimum atomic E-state index is -0.509. The van der Waals surface area contributed by atoms with Crippen molar-refractivity contribution in [3.63, 3.8) is 0 Å². The lowest BCUT2D eigenvalue weighted by molar-refractivity contribution is 0.103. The number of carbonyl (C=O) groups excluding carboxylic acids is 1. The van der Waals surface area contributed by atoms with Crippen molar-refractivity contribution >= 4 is 11.5 Å². The number of nitrogens with two attached hydrogens (primary N) is 1. The van der Waals surface area contributed by atoms with Crippen LogP contribution in [0.3, 0.4) is 0 Å². The largest absolute Gasteiger partial charge is 0.398 e. The lowest BCUT2D eigenvalue weighted by Gasteiger charge is -2.06. The fourth-order valence-corrected chi connectivity index (χ4v) is 1.75. The van der Waals surface area contributed by atoms with E-state index in [2.05, 4.69) is 0 Å². The summed E-state index contributed by atoms with van der Waals surface area (Å²) in [5.74, 6) is -0.854. The van der Waals surface area contributed by atoms with Crippen molar-refractivity contribution in [1.82, 2.24) is 0 Å². The predicted octanol–water partition coefficient (Wildman–Crippen LogP) is 3.26. The molecule has 0 bridgehead atoms. The van der Waals surface area contributed by atoms with Crippen molar-refractivity contribution in [3.8, 4) is 0 Å². The Balaban J connectivity index is 2.47. The van der Waals surface area contributed by atoms with Gasteiger partial charge in [-0.2, -0.15) is 0 Å². The van der Waals surface area contributed by atoms with E-state index in [9.17, 15) is 9.18 Å². The number of halogens is 1. The SMILES string of the molecule is Cc1ccc(F)c(C(=O)c2ccc(C)c(N)c2)c1. The predicted molar refractivity (Wildman–Crippen MR) is 70.2 cm³/mol. The van der Waals surface area contributed by atoms with Gasteiger partial charge in [-0.15, -0.1) is 0 Å². The maximum absolute atomic E-state index is 13.6. The van der Waals surface area contributed by atoms with E-state index in [1.807, 2.05) is 13.8 Å². The molecule has 0 saturated heterocycles. The molecule has 0 aromatic heterocycles. The summed E-state index contributed by atoms with van der Waals surface area (Å²) in [6, 6.07) is 9.49. The van der Waals surface area contributed by atoms with Gasteiger partial charge in [0.1, 0.15) is 5.82 Å². The Kier molecular flexibility index (Phi) is 3.15. The van der Waals surface area contributed by atoms with Gasteiger partial charge in [0.2, 0.25) is 0 Å². The van der Waals surface area contributed by atoms with Crippen molar-refractivity contribution in [2.75, 3.05) is 5.73 Å². The Labute approximate surface area is 105 Å². The van der Waals surface area contributed by atoms with Crippen LogP contribution in [-0.2, 0) is 0 Å². The van der Waals surface area contributed by atoms with E-state index in [0.29, 0.717) is 11.3 Å². The topological polar surface area (TPSA) is 43.1 Å². The van der Waals surface area contributed by atoms with E-state index in [4.69, 9.17) is 5.73 Å². The summed E-state index contributed by atoms with van der Waals surface area (Å²) in [7, 11) is 0. The first kappa shape index (κ1) is 12.3. The molecule has 2 N–H and O–H groups in total. The molecule has 0 saturated carbocycles. The number of benzene rings is 2. The first-order valence-corrected chi connectivity index (χ1v) is 5.66. The van der Waals surface area contributed by atoms with Crippen LogP contribution in [-0.4, -0.2) is 5.78 Å². The molecule has 0 heterocycles. The van der Waals surface area contributed by atoms with Crippen LogP contribution in [0.1, 0.15) is 27.0 Å². The van der Waals surface area contributed by atoms with Crippen molar-refractivity contribution in [1.29, 1.82) is 0 Å². The summed E-state index contributed by atoms with van der Waals surface area (Å²) in [6.07, 6.45) is 0. The minimum Gasteiger partial charge on any atom is -0.398 e. The normalized spacial score (nSPS) is 10.4. The average molecular weight is 243 g/mol. The zero-order valence-electron chi connectivity index (χ0n) is 10.3. The summed E-state index contributed by atoms with van der Waals surface area (Å²) in [5.41, 5.74) is 8.53. The molecule has 0 spiro atoms. The van der Waals surface area contributed by atoms with E-state index >= 15 is 0 Å². The van der Waals surface area contributed by atoms with Crippen LogP contribution < -0.4 is 5.73 Å². The lowest BCUT2D eigenvalue weighted by Crippen LogP contribution is -2.06. The second-order valence-electron chi connectivity index (χ2n) is 4.38. The highest BCUT2D eigenvalue weighted by Gasteiger charge is 2.14. The van der Waals surface area contributed by atoms with Gasteiger partial charge in [0, 0.05) is 11.3 Å². The molecule has 0 aliphatic carbocycles. The third-order valence-electron chi connectivity index (χ3n) is 2.91. The molecule has 0 aliphatic heterocycles. The summed E-state index contributed by atoms with van der Waals surface area (Å²) in [5, 5.41) is 0. The number of anilines is 1. The van der Waals surface area contributed by atoms with Crippen molar-refractivity contribution < 1.29 is 9.18 Å². The highest BCUT2D eigenvalue weighted by Crippen LogP contribution is 2.19. The molecule has 18 heavy (non-hydrogen) atoms. The summed E-state index contributed by atoms with van der Waals surface area (Å²) >= 11 is 0.